The number of halogens is 2. The number of hydrogen-bond acceptors (Lipinski definition) is 5. The van der Waals surface area contributed by atoms with Crippen LogP contribution in [0.25, 0.3) is 10.2 Å². The van der Waals surface area contributed by atoms with E-state index in [-0.39, 0.29) is 11.5 Å². The molecule has 2 aromatic heterocycles. The van der Waals surface area contributed by atoms with Crippen LogP contribution in [0.3, 0.4) is 0 Å². The minimum absolute atomic E-state index is 0.0143. The Labute approximate surface area is 186 Å². The maximum Gasteiger partial charge on any atom is 0.259 e. The predicted molar refractivity (Wildman–Crippen MR) is 121 cm³/mol. The second-order valence-electron chi connectivity index (χ2n) is 7.03. The van der Waals surface area contributed by atoms with Crippen molar-refractivity contribution in [3.8, 4) is 0 Å². The Hall–Kier alpha value is -1.54. The minimum atomic E-state index is -0.0641. The number of hydrogen-bond donors (Lipinski definition) is 1. The molecule has 1 amide bonds. The number of carbonyl (C=O) groups is 1. The summed E-state index contributed by atoms with van der Waals surface area (Å²) < 4.78 is 0. The first-order chi connectivity index (χ1) is 13.9. The first-order valence-electron chi connectivity index (χ1n) is 9.21. The molecule has 0 bridgehead atoms. The highest BCUT2D eigenvalue weighted by molar-refractivity contribution is 7.99. The molecule has 1 aromatic carbocycles. The van der Waals surface area contributed by atoms with Crippen molar-refractivity contribution in [3.63, 3.8) is 0 Å². The third-order valence-electron chi connectivity index (χ3n) is 4.94. The smallest absolute Gasteiger partial charge is 0.259 e. The number of H-pyrrole nitrogens is 1. The van der Waals surface area contributed by atoms with Gasteiger partial charge in [-0.05, 0) is 42.5 Å². The average molecular weight is 468 g/mol. The number of fused-ring (bicyclic) bond motifs is 3. The zero-order valence-corrected chi connectivity index (χ0v) is 18.9. The van der Waals surface area contributed by atoms with Gasteiger partial charge in [0, 0.05) is 28.5 Å². The van der Waals surface area contributed by atoms with Crippen LogP contribution in [0.1, 0.15) is 28.2 Å². The van der Waals surface area contributed by atoms with Crippen molar-refractivity contribution < 1.29 is 4.79 Å². The van der Waals surface area contributed by atoms with Crippen molar-refractivity contribution >= 4 is 62.4 Å². The van der Waals surface area contributed by atoms with Crippen LogP contribution in [0.15, 0.2) is 23.0 Å². The monoisotopic (exact) mass is 467 g/mol. The van der Waals surface area contributed by atoms with Gasteiger partial charge in [-0.15, -0.1) is 23.1 Å². The number of thiophene rings is 1. The van der Waals surface area contributed by atoms with E-state index >= 15 is 0 Å². The highest BCUT2D eigenvalue weighted by Gasteiger charge is 2.21. The lowest BCUT2D eigenvalue weighted by molar-refractivity contribution is -0.127. The van der Waals surface area contributed by atoms with Gasteiger partial charge in [0.25, 0.3) is 5.56 Å². The van der Waals surface area contributed by atoms with Gasteiger partial charge < -0.3 is 9.88 Å². The van der Waals surface area contributed by atoms with Crippen LogP contribution >= 0.6 is 46.3 Å². The lowest BCUT2D eigenvalue weighted by Gasteiger charge is -2.18. The molecular formula is C20H19Cl2N3O2S2. The van der Waals surface area contributed by atoms with Gasteiger partial charge in [-0.2, -0.15) is 0 Å². The number of aromatic nitrogens is 2. The molecule has 5 nitrogen and oxygen atoms in total. The van der Waals surface area contributed by atoms with Crippen LogP contribution in [0.4, 0.5) is 0 Å². The summed E-state index contributed by atoms with van der Waals surface area (Å²) in [7, 11) is 1.74. The average Bonchev–Trinajstić information content (AvgIpc) is 3.24. The number of benzene rings is 1. The van der Waals surface area contributed by atoms with Crippen molar-refractivity contribution in [2.45, 2.75) is 31.6 Å². The zero-order chi connectivity index (χ0) is 20.5. The van der Waals surface area contributed by atoms with E-state index in [0.29, 0.717) is 33.9 Å². The maximum atomic E-state index is 12.5. The molecule has 9 heteroatoms. The SMILES string of the molecule is CN(Cc1ccc(Cl)cc1Cl)C(=O)CSCc1nc2sc3c(c2c(=O)[nH]1)CCC3. The third kappa shape index (κ3) is 4.48. The zero-order valence-electron chi connectivity index (χ0n) is 15.8. The van der Waals surface area contributed by atoms with E-state index in [9.17, 15) is 9.59 Å². The van der Waals surface area contributed by atoms with Gasteiger partial charge >= 0.3 is 0 Å². The Morgan fingerprint density at radius 3 is 2.97 bits per heavy atom. The van der Waals surface area contributed by atoms with Crippen LogP contribution in [0, 0.1) is 0 Å². The van der Waals surface area contributed by atoms with E-state index in [2.05, 4.69) is 9.97 Å². The maximum absolute atomic E-state index is 12.5. The largest absolute Gasteiger partial charge is 0.341 e. The number of nitrogens with one attached hydrogen (secondary N) is 1. The summed E-state index contributed by atoms with van der Waals surface area (Å²) in [4.78, 5) is 36.2. The summed E-state index contributed by atoms with van der Waals surface area (Å²) in [5.74, 6) is 1.38. The van der Waals surface area contributed by atoms with Crippen molar-refractivity contribution in [2.24, 2.45) is 0 Å². The van der Waals surface area contributed by atoms with E-state index in [1.165, 1.54) is 22.2 Å². The molecule has 4 rings (SSSR count). The lowest BCUT2D eigenvalue weighted by atomic mass is 10.2. The minimum Gasteiger partial charge on any atom is -0.341 e. The summed E-state index contributed by atoms with van der Waals surface area (Å²) in [5, 5.41) is 1.87. The summed E-state index contributed by atoms with van der Waals surface area (Å²) in [6, 6.07) is 5.25. The molecule has 152 valence electrons. The Balaban J connectivity index is 1.36. The molecule has 0 atom stereocenters. The van der Waals surface area contributed by atoms with Crippen LogP contribution in [0.5, 0.6) is 0 Å². The molecule has 0 unspecified atom stereocenters. The van der Waals surface area contributed by atoms with Gasteiger partial charge in [0.2, 0.25) is 5.91 Å². The molecule has 2 heterocycles. The van der Waals surface area contributed by atoms with E-state index in [1.807, 2.05) is 6.07 Å². The fourth-order valence-electron chi connectivity index (χ4n) is 3.45. The normalized spacial score (nSPS) is 13.1. The Morgan fingerprint density at radius 2 is 2.17 bits per heavy atom. The summed E-state index contributed by atoms with van der Waals surface area (Å²) in [5.41, 5.74) is 1.96. The van der Waals surface area contributed by atoms with E-state index in [1.54, 1.807) is 35.4 Å². The number of nitrogens with zero attached hydrogens (tertiary/aromatic N) is 2. The van der Waals surface area contributed by atoms with E-state index in [4.69, 9.17) is 23.2 Å². The van der Waals surface area contributed by atoms with Crippen molar-refractivity contribution in [1.29, 1.82) is 0 Å². The van der Waals surface area contributed by atoms with Crippen LogP contribution in [0.2, 0.25) is 10.0 Å². The molecule has 29 heavy (non-hydrogen) atoms. The number of amides is 1. The number of rotatable bonds is 6. The van der Waals surface area contributed by atoms with Gasteiger partial charge in [0.1, 0.15) is 10.7 Å². The second-order valence-corrected chi connectivity index (χ2v) is 9.94. The summed E-state index contributed by atoms with van der Waals surface area (Å²) >= 11 is 15.2. The van der Waals surface area contributed by atoms with Gasteiger partial charge in [-0.25, -0.2) is 4.98 Å². The summed E-state index contributed by atoms with van der Waals surface area (Å²) in [6.45, 7) is 0.414. The van der Waals surface area contributed by atoms with Gasteiger partial charge in [0.15, 0.2) is 0 Å². The fraction of sp³-hybridized carbons (Fsp3) is 0.350. The fourth-order valence-corrected chi connectivity index (χ4v) is 6.03. The van der Waals surface area contributed by atoms with Crippen LogP contribution in [-0.2, 0) is 29.9 Å². The molecule has 1 N–H and O–H groups in total. The Kier molecular flexibility index (Phi) is 6.20. The second kappa shape index (κ2) is 8.68. The topological polar surface area (TPSA) is 66.1 Å². The number of thioether (sulfide) groups is 1. The standard InChI is InChI=1S/C20H19Cl2N3O2S2/c1-25(8-11-5-6-12(21)7-14(11)22)17(26)10-28-9-16-23-19(27)18-13-3-2-4-15(13)29-20(18)24-16/h5-7H,2-4,8-10H2,1H3,(H,23,24,27). The molecule has 0 saturated heterocycles. The number of carbonyl (C=O) groups excluding carboxylic acids is 1. The number of aromatic amines is 1. The Morgan fingerprint density at radius 1 is 1.34 bits per heavy atom. The first-order valence-corrected chi connectivity index (χ1v) is 11.9. The molecule has 1 aliphatic rings. The predicted octanol–water partition coefficient (Wildman–Crippen LogP) is 4.67. The highest BCUT2D eigenvalue weighted by atomic mass is 35.5. The van der Waals surface area contributed by atoms with Crippen LogP contribution in [-0.4, -0.2) is 33.6 Å². The summed E-state index contributed by atoms with van der Waals surface area (Å²) in [6.07, 6.45) is 3.12. The molecule has 0 radical (unpaired) electrons. The van der Waals surface area contributed by atoms with Gasteiger partial charge in [-0.1, -0.05) is 29.3 Å². The molecule has 1 aliphatic carbocycles. The first kappa shape index (κ1) is 20.7. The molecule has 0 saturated carbocycles. The van der Waals surface area contributed by atoms with Crippen molar-refractivity contribution in [1.82, 2.24) is 14.9 Å². The molecular weight excluding hydrogens is 449 g/mol. The van der Waals surface area contributed by atoms with Gasteiger partial charge in [0.05, 0.1) is 16.9 Å². The molecule has 0 fully saturated rings. The van der Waals surface area contributed by atoms with Crippen molar-refractivity contribution in [3.05, 3.63) is 60.4 Å². The lowest BCUT2D eigenvalue weighted by Crippen LogP contribution is -2.28. The van der Waals surface area contributed by atoms with E-state index < -0.39 is 0 Å². The third-order valence-corrected chi connectivity index (χ3v) is 7.64. The quantitative estimate of drug-likeness (QED) is 0.571. The van der Waals surface area contributed by atoms with Crippen LogP contribution < -0.4 is 5.56 Å². The Bertz CT molecular complexity index is 1140. The van der Waals surface area contributed by atoms with Gasteiger partial charge in [-0.3, -0.25) is 9.59 Å². The highest BCUT2D eigenvalue weighted by Crippen LogP contribution is 2.34. The van der Waals surface area contributed by atoms with Crippen molar-refractivity contribution in [2.75, 3.05) is 12.8 Å². The molecule has 3 aromatic rings. The molecule has 0 spiro atoms. The number of aryl methyl sites for hydroxylation is 2. The molecule has 0 aliphatic heterocycles. The van der Waals surface area contributed by atoms with E-state index in [0.717, 1.165) is 35.0 Å².